The third-order valence-corrected chi connectivity index (χ3v) is 7.40. The van der Waals surface area contributed by atoms with Gasteiger partial charge in [-0.05, 0) is 63.4 Å². The Hall–Kier alpha value is -4.14. The quantitative estimate of drug-likeness (QED) is 0.155. The number of benzene rings is 1. The summed E-state index contributed by atoms with van der Waals surface area (Å²) < 4.78 is 4.31. The number of ether oxygens (including phenoxy) is 1. The molecule has 0 bridgehead atoms. The number of fused-ring (bicyclic) bond motifs is 3. The molecular weight excluding hydrogens is 506 g/mol. The van der Waals surface area contributed by atoms with Crippen LogP contribution in [0.3, 0.4) is 0 Å². The molecule has 0 aromatic heterocycles. The lowest BCUT2D eigenvalue weighted by Gasteiger charge is -2.50. The van der Waals surface area contributed by atoms with Gasteiger partial charge in [-0.2, -0.15) is 0 Å². The van der Waals surface area contributed by atoms with Crippen LogP contribution in [0, 0.1) is 23.4 Å². The van der Waals surface area contributed by atoms with Crippen molar-refractivity contribution < 1.29 is 39.5 Å². The fourth-order valence-corrected chi connectivity index (χ4v) is 5.65. The Kier molecular flexibility index (Phi) is 8.84. The van der Waals surface area contributed by atoms with E-state index in [9.17, 15) is 34.8 Å². The molecule has 6 N–H and O–H groups in total. The number of allylic oxidation sites excluding steroid dienone is 1. The number of hydrogen-bond donors (Lipinski definition) is 5. The monoisotopic (exact) mass is 539 g/mol. The Bertz CT molecular complexity index is 1310. The summed E-state index contributed by atoms with van der Waals surface area (Å²) in [5, 5.41) is 51.0. The maximum atomic E-state index is 13.5. The first-order valence-electron chi connectivity index (χ1n) is 12.6. The predicted octanol–water partition coefficient (Wildman–Crippen LogP) is 2.15. The van der Waals surface area contributed by atoms with Gasteiger partial charge in [0.05, 0.1) is 11.6 Å². The van der Waals surface area contributed by atoms with Crippen molar-refractivity contribution >= 4 is 23.2 Å². The highest BCUT2D eigenvalue weighted by molar-refractivity contribution is 6.24. The van der Waals surface area contributed by atoms with Crippen LogP contribution in [0.1, 0.15) is 43.7 Å². The number of nitriles is 1. The van der Waals surface area contributed by atoms with Gasteiger partial charge in [0.1, 0.15) is 29.1 Å². The molecule has 0 heterocycles. The van der Waals surface area contributed by atoms with Crippen molar-refractivity contribution in [3.8, 4) is 12.0 Å². The lowest BCUT2D eigenvalue weighted by atomic mass is 9.57. The summed E-state index contributed by atoms with van der Waals surface area (Å²) in [7, 11) is 3.12. The molecule has 1 amide bonds. The first kappa shape index (κ1) is 29.4. The lowest BCUT2D eigenvalue weighted by molar-refractivity contribution is -0.153. The molecule has 11 nitrogen and oxygen atoms in total. The van der Waals surface area contributed by atoms with Gasteiger partial charge < -0.3 is 30.9 Å². The van der Waals surface area contributed by atoms with E-state index >= 15 is 0 Å². The molecular formula is C28H33N3O8. The van der Waals surface area contributed by atoms with Gasteiger partial charge in [0.25, 0.3) is 12.2 Å². The number of carbonyl (C=O) groups is 3. The van der Waals surface area contributed by atoms with Crippen molar-refractivity contribution in [1.82, 2.24) is 4.90 Å². The van der Waals surface area contributed by atoms with Crippen LogP contribution in [0.15, 0.2) is 47.4 Å². The van der Waals surface area contributed by atoms with E-state index in [2.05, 4.69) is 11.7 Å². The number of amides is 1. The van der Waals surface area contributed by atoms with Gasteiger partial charge in [0, 0.05) is 11.5 Å². The number of Topliss-reactive ketones (excluding diaryl/α,β-unsaturated/α-hetero) is 2. The van der Waals surface area contributed by atoms with E-state index in [1.807, 2.05) is 6.08 Å². The average molecular weight is 540 g/mol. The van der Waals surface area contributed by atoms with Gasteiger partial charge in [0.2, 0.25) is 5.78 Å². The Morgan fingerprint density at radius 3 is 2.56 bits per heavy atom. The molecule has 4 rings (SSSR count). The molecule has 11 heteroatoms. The maximum Gasteiger partial charge on any atom is 0.291 e. The second-order valence-corrected chi connectivity index (χ2v) is 10.00. The van der Waals surface area contributed by atoms with Crippen molar-refractivity contribution in [1.29, 1.82) is 5.26 Å². The van der Waals surface area contributed by atoms with E-state index in [1.54, 1.807) is 32.5 Å². The number of unbranched alkanes of at least 4 members (excludes halogenated alkanes) is 2. The zero-order valence-electron chi connectivity index (χ0n) is 22.0. The summed E-state index contributed by atoms with van der Waals surface area (Å²) in [6.45, 7) is 2.12. The third kappa shape index (κ3) is 5.13. The minimum Gasteiger partial charge on any atom is -0.508 e. The molecule has 0 unspecified atom stereocenters. The predicted molar refractivity (Wildman–Crippen MR) is 140 cm³/mol. The fraction of sp³-hybridized carbons (Fsp3) is 0.429. The normalized spacial score (nSPS) is 25.9. The van der Waals surface area contributed by atoms with Crippen molar-refractivity contribution in [3.05, 3.63) is 58.6 Å². The first-order valence-corrected chi connectivity index (χ1v) is 12.6. The van der Waals surface area contributed by atoms with Gasteiger partial charge in [-0.25, -0.2) is 0 Å². The summed E-state index contributed by atoms with van der Waals surface area (Å²) >= 11 is 0. The third-order valence-electron chi connectivity index (χ3n) is 7.40. The van der Waals surface area contributed by atoms with Crippen molar-refractivity contribution in [2.45, 2.75) is 50.7 Å². The van der Waals surface area contributed by atoms with Crippen molar-refractivity contribution in [2.24, 2.45) is 17.6 Å². The molecule has 4 atom stereocenters. The minimum absolute atomic E-state index is 0.0847. The summed E-state index contributed by atoms with van der Waals surface area (Å²) in [6, 6.07) is 3.62. The minimum atomic E-state index is -2.60. The Morgan fingerprint density at radius 1 is 1.28 bits per heavy atom. The Labute approximate surface area is 226 Å². The smallest absolute Gasteiger partial charge is 0.291 e. The van der Waals surface area contributed by atoms with E-state index in [-0.39, 0.29) is 23.3 Å². The molecule has 1 aromatic carbocycles. The summed E-state index contributed by atoms with van der Waals surface area (Å²) in [5.41, 5.74) is 2.41. The molecule has 1 aromatic rings. The second kappa shape index (κ2) is 11.7. The molecule has 0 spiro atoms. The molecule has 1 fully saturated rings. The van der Waals surface area contributed by atoms with Crippen molar-refractivity contribution in [3.63, 3.8) is 0 Å². The van der Waals surface area contributed by atoms with Crippen molar-refractivity contribution in [2.75, 3.05) is 14.1 Å². The van der Waals surface area contributed by atoms with E-state index < -0.39 is 58.0 Å². The number of phenols is 1. The fourth-order valence-electron chi connectivity index (χ4n) is 5.65. The number of carbonyl (C=O) groups excluding carboxylic acids is 3. The number of nitrogens with two attached hydrogens (primary N) is 1. The van der Waals surface area contributed by atoms with Gasteiger partial charge in [-0.1, -0.05) is 25.5 Å². The zero-order valence-corrected chi connectivity index (χ0v) is 22.0. The van der Waals surface area contributed by atoms with Crippen LogP contribution >= 0.6 is 0 Å². The summed E-state index contributed by atoms with van der Waals surface area (Å²) in [5.74, 6) is -6.43. The molecule has 1 saturated carbocycles. The number of aliphatic hydroxyl groups excluding tert-OH is 2. The molecule has 0 radical (unpaired) electrons. The highest BCUT2D eigenvalue weighted by Crippen LogP contribution is 2.52. The van der Waals surface area contributed by atoms with E-state index in [1.165, 1.54) is 23.6 Å². The van der Waals surface area contributed by atoms with Gasteiger partial charge in [-0.15, -0.1) is 5.26 Å². The summed E-state index contributed by atoms with van der Waals surface area (Å²) in [6.07, 6.45) is 8.55. The van der Waals surface area contributed by atoms with Crippen LogP contribution in [0.4, 0.5) is 0 Å². The Morgan fingerprint density at radius 2 is 1.97 bits per heavy atom. The number of hydrogen-bond acceptors (Lipinski definition) is 10. The number of ketones is 2. The van der Waals surface area contributed by atoms with Gasteiger partial charge in [0.15, 0.2) is 11.4 Å². The van der Waals surface area contributed by atoms with E-state index in [0.29, 0.717) is 12.0 Å². The number of nitrogens with zero attached hydrogens (tertiary/aromatic N) is 2. The summed E-state index contributed by atoms with van der Waals surface area (Å²) in [4.78, 5) is 39.7. The Balaban J connectivity index is 0.000000403. The van der Waals surface area contributed by atoms with E-state index in [4.69, 9.17) is 11.0 Å². The van der Waals surface area contributed by atoms with E-state index in [0.717, 1.165) is 12.8 Å². The lowest BCUT2D eigenvalue weighted by Crippen LogP contribution is -2.65. The van der Waals surface area contributed by atoms with Crippen LogP contribution in [0.25, 0.3) is 5.76 Å². The van der Waals surface area contributed by atoms with Crippen LogP contribution in [0.2, 0.25) is 0 Å². The zero-order chi connectivity index (χ0) is 29.1. The van der Waals surface area contributed by atoms with Gasteiger partial charge in [-0.3, -0.25) is 19.3 Å². The number of primary amides is 1. The number of rotatable bonds is 6. The van der Waals surface area contributed by atoms with Crippen LogP contribution < -0.4 is 5.73 Å². The highest BCUT2D eigenvalue weighted by atomic mass is 16.5. The number of aromatic hydroxyl groups is 1. The maximum absolute atomic E-state index is 13.5. The van der Waals surface area contributed by atoms with Gasteiger partial charge >= 0.3 is 0 Å². The average Bonchev–Trinajstić information content (AvgIpc) is 2.86. The van der Waals surface area contributed by atoms with Crippen LogP contribution in [-0.4, -0.2) is 68.5 Å². The molecule has 208 valence electrons. The SMILES string of the molecule is CCCCC=COC#N.CN(C)[C@@H]1C(=O)C(C(N)=O)=C(O)[C@@]2(O)C(=O)C3=C(O)c4c(O)cccc4C[C@H]3C[C@@H]12. The first-order chi connectivity index (χ1) is 18.4. The number of likely N-dealkylation sites (N-methyl/N-ethyl adjacent to an activating group) is 1. The standard InChI is InChI=1S/C21H22N2O7.C7H11NO/c1-23(2)15-10-7-9-6-8-4-3-5-11(24)12(8)16(25)13(9)18(27)21(10,30)19(28)14(17(15)26)20(22)29;1-2-3-4-5-6-9-7-8/h3-5,9-10,15,24-25,28,30H,6-7H2,1-2H3,(H2,22,29);5-6H,2-4H2,1H3/t9-,10-,15-,21-;/m0./s1. The molecule has 0 aliphatic heterocycles. The largest absolute Gasteiger partial charge is 0.508 e. The number of aliphatic hydroxyl groups is 3. The number of phenolic OH excluding ortho intramolecular Hbond substituents is 1. The molecule has 3 aliphatic carbocycles. The molecule has 0 saturated heterocycles. The topological polar surface area (TPSA) is 194 Å². The second-order valence-electron chi connectivity index (χ2n) is 10.00. The highest BCUT2D eigenvalue weighted by Gasteiger charge is 2.64. The van der Waals surface area contributed by atoms with Crippen LogP contribution in [-0.2, 0) is 25.5 Å². The molecule has 3 aliphatic rings. The van der Waals surface area contributed by atoms with Crippen LogP contribution in [0.5, 0.6) is 5.75 Å². The molecule has 39 heavy (non-hydrogen) atoms.